The maximum absolute atomic E-state index is 12.9. The smallest absolute Gasteiger partial charge is 0.453 e. The highest BCUT2D eigenvalue weighted by atomic mass is 19.4. The van der Waals surface area contributed by atoms with Gasteiger partial charge in [0.1, 0.15) is 11.6 Å². The molecule has 3 heterocycles. The Morgan fingerprint density at radius 1 is 1.33 bits per heavy atom. The third kappa shape index (κ3) is 2.70. The molecule has 0 saturated heterocycles. The van der Waals surface area contributed by atoms with Gasteiger partial charge in [-0.05, 0) is 31.9 Å². The first-order valence-corrected chi connectivity index (χ1v) is 7.52. The summed E-state index contributed by atoms with van der Waals surface area (Å²) < 4.78 is 45.4. The fraction of sp³-hybridized carbons (Fsp3) is 0.400. The van der Waals surface area contributed by atoms with Crippen molar-refractivity contribution in [2.75, 3.05) is 4.90 Å². The maximum atomic E-state index is 12.9. The highest BCUT2D eigenvalue weighted by Gasteiger charge is 2.38. The summed E-state index contributed by atoms with van der Waals surface area (Å²) in [6.45, 7) is 2.18. The average Bonchev–Trinajstić information content (AvgIpc) is 3.04. The van der Waals surface area contributed by atoms with Gasteiger partial charge in [-0.15, -0.1) is 5.10 Å². The van der Waals surface area contributed by atoms with Crippen LogP contribution in [0.15, 0.2) is 28.9 Å². The van der Waals surface area contributed by atoms with Crippen LogP contribution in [0.3, 0.4) is 0 Å². The first-order chi connectivity index (χ1) is 11.4. The fourth-order valence-corrected chi connectivity index (χ4v) is 2.65. The normalized spacial score (nSPS) is 15.2. The predicted octanol–water partition coefficient (Wildman–Crippen LogP) is 3.21. The van der Waals surface area contributed by atoms with Crippen molar-refractivity contribution in [3.8, 4) is 0 Å². The Balaban J connectivity index is 1.82. The Bertz CT molecular complexity index is 867. The number of aromatic nitrogens is 4. The quantitative estimate of drug-likeness (QED) is 0.732. The van der Waals surface area contributed by atoms with Crippen molar-refractivity contribution < 1.29 is 17.6 Å². The number of hydrogen-bond donors (Lipinski definition) is 0. The highest BCUT2D eigenvalue weighted by Crippen LogP contribution is 2.34. The molecule has 4 rings (SSSR count). The van der Waals surface area contributed by atoms with Crippen LogP contribution in [0.25, 0.3) is 5.78 Å². The number of hydrogen-bond acceptors (Lipinski definition) is 5. The molecule has 1 aliphatic carbocycles. The molecule has 0 unspecified atom stereocenters. The van der Waals surface area contributed by atoms with Crippen molar-refractivity contribution in [1.29, 1.82) is 0 Å². The number of rotatable bonds is 4. The SMILES string of the molecule is Cc1cc(N(Cc2ccco2)C2CC2)n2nc(C(F)(F)F)nc2n1. The summed E-state index contributed by atoms with van der Waals surface area (Å²) in [6, 6.07) is 5.59. The fourth-order valence-electron chi connectivity index (χ4n) is 2.65. The van der Waals surface area contributed by atoms with Crippen molar-refractivity contribution in [3.05, 3.63) is 41.7 Å². The van der Waals surface area contributed by atoms with E-state index in [0.717, 1.165) is 23.1 Å². The first kappa shape index (κ1) is 15.0. The molecule has 0 radical (unpaired) electrons. The van der Waals surface area contributed by atoms with E-state index in [2.05, 4.69) is 15.1 Å². The molecular weight excluding hydrogens is 323 g/mol. The minimum atomic E-state index is -4.61. The van der Waals surface area contributed by atoms with E-state index < -0.39 is 12.0 Å². The molecule has 1 fully saturated rings. The molecule has 0 N–H and O–H groups in total. The second kappa shape index (κ2) is 5.22. The van der Waals surface area contributed by atoms with Gasteiger partial charge in [0.05, 0.1) is 12.8 Å². The summed E-state index contributed by atoms with van der Waals surface area (Å²) in [4.78, 5) is 9.59. The number of alkyl halides is 3. The van der Waals surface area contributed by atoms with Gasteiger partial charge in [-0.25, -0.2) is 4.98 Å². The summed E-state index contributed by atoms with van der Waals surface area (Å²) in [7, 11) is 0. The van der Waals surface area contributed by atoms with E-state index in [9.17, 15) is 13.2 Å². The summed E-state index contributed by atoms with van der Waals surface area (Å²) >= 11 is 0. The van der Waals surface area contributed by atoms with Gasteiger partial charge in [0, 0.05) is 17.8 Å². The molecule has 9 heteroatoms. The number of nitrogens with zero attached hydrogens (tertiary/aromatic N) is 5. The lowest BCUT2D eigenvalue weighted by Gasteiger charge is -2.24. The van der Waals surface area contributed by atoms with Crippen LogP contribution < -0.4 is 4.90 Å². The van der Waals surface area contributed by atoms with E-state index >= 15 is 0 Å². The van der Waals surface area contributed by atoms with Gasteiger partial charge < -0.3 is 9.32 Å². The van der Waals surface area contributed by atoms with E-state index in [0.29, 0.717) is 18.1 Å². The van der Waals surface area contributed by atoms with E-state index in [4.69, 9.17) is 4.42 Å². The summed E-state index contributed by atoms with van der Waals surface area (Å²) in [6.07, 6.45) is -1.08. The molecule has 0 aliphatic heterocycles. The molecule has 0 aromatic carbocycles. The number of furan rings is 1. The molecule has 126 valence electrons. The van der Waals surface area contributed by atoms with Crippen LogP contribution in [-0.2, 0) is 12.7 Å². The standard InChI is InChI=1S/C15H14F3N5O/c1-9-7-12(22(10-4-5-10)8-11-3-2-6-24-11)23-14(19-9)20-13(21-23)15(16,17)18/h2-3,6-7,10H,4-5,8H2,1H3. The van der Waals surface area contributed by atoms with Crippen molar-refractivity contribution in [1.82, 2.24) is 19.6 Å². The Labute approximate surface area is 134 Å². The Hall–Kier alpha value is -2.58. The number of aryl methyl sites for hydroxylation is 1. The van der Waals surface area contributed by atoms with Crippen molar-refractivity contribution in [2.24, 2.45) is 0 Å². The van der Waals surface area contributed by atoms with Gasteiger partial charge in [-0.1, -0.05) is 0 Å². The molecule has 0 bridgehead atoms. The van der Waals surface area contributed by atoms with Crippen LogP contribution in [0.2, 0.25) is 0 Å². The minimum absolute atomic E-state index is 0.0533. The van der Waals surface area contributed by atoms with E-state index in [1.165, 1.54) is 0 Å². The van der Waals surface area contributed by atoms with Crippen LogP contribution in [0.1, 0.15) is 30.1 Å². The van der Waals surface area contributed by atoms with Crippen LogP contribution in [0, 0.1) is 6.92 Å². The number of anilines is 1. The molecular formula is C15H14F3N5O. The van der Waals surface area contributed by atoms with E-state index in [1.54, 1.807) is 25.3 Å². The summed E-state index contributed by atoms with van der Waals surface area (Å²) in [5.41, 5.74) is 0.587. The molecule has 1 saturated carbocycles. The highest BCUT2D eigenvalue weighted by molar-refractivity contribution is 5.49. The summed E-state index contributed by atoms with van der Waals surface area (Å²) in [5, 5.41) is 3.63. The summed E-state index contributed by atoms with van der Waals surface area (Å²) in [5.74, 6) is 0.0399. The number of halogens is 3. The lowest BCUT2D eigenvalue weighted by atomic mass is 10.3. The van der Waals surface area contributed by atoms with Gasteiger partial charge in [0.2, 0.25) is 0 Å². The molecule has 0 spiro atoms. The second-order valence-corrected chi connectivity index (χ2v) is 5.84. The zero-order chi connectivity index (χ0) is 16.9. The topological polar surface area (TPSA) is 59.5 Å². The van der Waals surface area contributed by atoms with Crippen LogP contribution in [0.5, 0.6) is 0 Å². The van der Waals surface area contributed by atoms with Crippen LogP contribution >= 0.6 is 0 Å². The molecule has 0 atom stereocenters. The second-order valence-electron chi connectivity index (χ2n) is 5.84. The zero-order valence-electron chi connectivity index (χ0n) is 12.8. The van der Waals surface area contributed by atoms with Crippen LogP contribution in [0.4, 0.5) is 19.0 Å². The van der Waals surface area contributed by atoms with Gasteiger partial charge in [0.15, 0.2) is 0 Å². The minimum Gasteiger partial charge on any atom is -0.467 e. The molecule has 3 aromatic rings. The third-order valence-corrected chi connectivity index (χ3v) is 3.86. The molecule has 24 heavy (non-hydrogen) atoms. The maximum Gasteiger partial charge on any atom is 0.453 e. The van der Waals surface area contributed by atoms with Crippen molar-refractivity contribution >= 4 is 11.6 Å². The monoisotopic (exact) mass is 337 g/mol. The molecule has 0 amide bonds. The lowest BCUT2D eigenvalue weighted by molar-refractivity contribution is -0.144. The van der Waals surface area contributed by atoms with Crippen molar-refractivity contribution in [3.63, 3.8) is 0 Å². The lowest BCUT2D eigenvalue weighted by Crippen LogP contribution is -2.27. The van der Waals surface area contributed by atoms with E-state index in [1.807, 2.05) is 11.0 Å². The number of fused-ring (bicyclic) bond motifs is 1. The van der Waals surface area contributed by atoms with Gasteiger partial charge in [0.25, 0.3) is 11.6 Å². The molecule has 6 nitrogen and oxygen atoms in total. The zero-order valence-corrected chi connectivity index (χ0v) is 12.8. The largest absolute Gasteiger partial charge is 0.467 e. The molecule has 3 aromatic heterocycles. The average molecular weight is 337 g/mol. The van der Waals surface area contributed by atoms with Crippen LogP contribution in [-0.4, -0.2) is 25.6 Å². The van der Waals surface area contributed by atoms with E-state index in [-0.39, 0.29) is 11.8 Å². The van der Waals surface area contributed by atoms with Crippen molar-refractivity contribution in [2.45, 2.75) is 38.5 Å². The van der Waals surface area contributed by atoms with Gasteiger partial charge in [-0.2, -0.15) is 22.7 Å². The van der Waals surface area contributed by atoms with Gasteiger partial charge >= 0.3 is 6.18 Å². The predicted molar refractivity (Wildman–Crippen MR) is 78.4 cm³/mol. The van der Waals surface area contributed by atoms with Gasteiger partial charge in [-0.3, -0.25) is 0 Å². The first-order valence-electron chi connectivity index (χ1n) is 7.52. The third-order valence-electron chi connectivity index (χ3n) is 3.86. The Morgan fingerprint density at radius 2 is 2.12 bits per heavy atom. The Kier molecular flexibility index (Phi) is 3.26. The molecule has 1 aliphatic rings. The Morgan fingerprint density at radius 3 is 2.75 bits per heavy atom.